The van der Waals surface area contributed by atoms with E-state index < -0.39 is 11.8 Å². The average Bonchev–Trinajstić information content (AvgIpc) is 2.85. The number of anilines is 2. The van der Waals surface area contributed by atoms with Crippen molar-refractivity contribution < 1.29 is 19.1 Å². The molecule has 0 unspecified atom stereocenters. The number of nitriles is 1. The molecule has 0 heterocycles. The summed E-state index contributed by atoms with van der Waals surface area (Å²) in [6, 6.07) is 18.4. The SMILES string of the molecule is CCOc1ccc(NC(=O)/C(C#N)=C/c2cc(Br)ccc2OCC(=O)Nc2ccc(Cl)c(Cl)c2)cc1. The summed E-state index contributed by atoms with van der Waals surface area (Å²) in [6.07, 6.45) is 1.39. The van der Waals surface area contributed by atoms with E-state index in [9.17, 15) is 14.9 Å². The molecule has 0 spiro atoms. The Morgan fingerprint density at radius 3 is 2.36 bits per heavy atom. The number of rotatable bonds is 9. The predicted octanol–water partition coefficient (Wildman–Crippen LogP) is 6.72. The summed E-state index contributed by atoms with van der Waals surface area (Å²) in [7, 11) is 0. The fourth-order valence-electron chi connectivity index (χ4n) is 2.98. The number of amides is 2. The monoisotopic (exact) mass is 587 g/mol. The molecule has 0 saturated heterocycles. The molecule has 2 N–H and O–H groups in total. The van der Waals surface area contributed by atoms with Crippen molar-refractivity contribution in [3.8, 4) is 17.6 Å². The summed E-state index contributed by atoms with van der Waals surface area (Å²) in [5.41, 5.74) is 1.26. The third-order valence-electron chi connectivity index (χ3n) is 4.62. The smallest absolute Gasteiger partial charge is 0.266 e. The van der Waals surface area contributed by atoms with Gasteiger partial charge in [0.05, 0.1) is 16.7 Å². The van der Waals surface area contributed by atoms with Crippen LogP contribution >= 0.6 is 39.1 Å². The number of nitrogens with one attached hydrogen (secondary N) is 2. The molecule has 0 aromatic heterocycles. The fraction of sp³-hybridized carbons (Fsp3) is 0.115. The molecule has 0 saturated carbocycles. The molecule has 7 nitrogen and oxygen atoms in total. The highest BCUT2D eigenvalue weighted by atomic mass is 79.9. The Kier molecular flexibility index (Phi) is 9.77. The van der Waals surface area contributed by atoms with E-state index in [1.165, 1.54) is 12.1 Å². The van der Waals surface area contributed by atoms with E-state index in [1.807, 2.05) is 13.0 Å². The third kappa shape index (κ3) is 7.75. The first-order valence-electron chi connectivity index (χ1n) is 10.6. The average molecular weight is 589 g/mol. The molecule has 0 aliphatic carbocycles. The van der Waals surface area contributed by atoms with Crippen LogP contribution in [-0.4, -0.2) is 25.0 Å². The van der Waals surface area contributed by atoms with Gasteiger partial charge in [0.2, 0.25) is 0 Å². The second kappa shape index (κ2) is 13.0. The number of nitrogens with zero attached hydrogens (tertiary/aromatic N) is 1. The highest BCUT2D eigenvalue weighted by Crippen LogP contribution is 2.27. The van der Waals surface area contributed by atoms with Gasteiger partial charge in [-0.15, -0.1) is 0 Å². The van der Waals surface area contributed by atoms with Crippen LogP contribution < -0.4 is 20.1 Å². The summed E-state index contributed by atoms with van der Waals surface area (Å²) < 4.78 is 11.8. The molecule has 184 valence electrons. The Hall–Kier alpha value is -3.51. The molecule has 3 aromatic rings. The second-order valence-electron chi connectivity index (χ2n) is 7.23. The first-order valence-corrected chi connectivity index (χ1v) is 12.2. The zero-order chi connectivity index (χ0) is 26.1. The molecule has 0 aliphatic heterocycles. The predicted molar refractivity (Wildman–Crippen MR) is 145 cm³/mol. The largest absolute Gasteiger partial charge is 0.494 e. The van der Waals surface area contributed by atoms with E-state index >= 15 is 0 Å². The van der Waals surface area contributed by atoms with E-state index in [-0.39, 0.29) is 12.2 Å². The highest BCUT2D eigenvalue weighted by molar-refractivity contribution is 9.10. The minimum Gasteiger partial charge on any atom is -0.494 e. The van der Waals surface area contributed by atoms with Crippen molar-refractivity contribution in [1.82, 2.24) is 0 Å². The van der Waals surface area contributed by atoms with Crippen LogP contribution in [0.4, 0.5) is 11.4 Å². The van der Waals surface area contributed by atoms with Crippen LogP contribution in [0.3, 0.4) is 0 Å². The molecular weight excluding hydrogens is 569 g/mol. The van der Waals surface area contributed by atoms with Crippen molar-refractivity contribution in [2.45, 2.75) is 6.92 Å². The van der Waals surface area contributed by atoms with Gasteiger partial charge < -0.3 is 20.1 Å². The minimum atomic E-state index is -0.593. The highest BCUT2D eigenvalue weighted by Gasteiger charge is 2.13. The van der Waals surface area contributed by atoms with Gasteiger partial charge in [-0.1, -0.05) is 39.1 Å². The van der Waals surface area contributed by atoms with Gasteiger partial charge in [0.25, 0.3) is 11.8 Å². The Labute approximate surface area is 226 Å². The summed E-state index contributed by atoms with van der Waals surface area (Å²) in [6.45, 7) is 2.09. The summed E-state index contributed by atoms with van der Waals surface area (Å²) in [5.74, 6) is -0.0419. The standard InChI is InChI=1S/C26H20BrCl2N3O4/c1-2-35-21-7-4-19(5-8-21)32-26(34)17(14-30)11-16-12-18(27)3-10-24(16)36-15-25(33)31-20-6-9-22(28)23(29)13-20/h3-13H,2,15H2,1H3,(H,31,33)(H,32,34)/b17-11+. The number of hydrogen-bond donors (Lipinski definition) is 2. The van der Waals surface area contributed by atoms with E-state index in [0.29, 0.717) is 49.6 Å². The Bertz CT molecular complexity index is 1340. The maximum absolute atomic E-state index is 12.7. The molecule has 0 aliphatic rings. The first kappa shape index (κ1) is 27.1. The van der Waals surface area contributed by atoms with Crippen LogP contribution in [0, 0.1) is 11.3 Å². The molecule has 3 aromatic carbocycles. The quantitative estimate of drug-likeness (QED) is 0.213. The topological polar surface area (TPSA) is 100 Å². The minimum absolute atomic E-state index is 0.146. The van der Waals surface area contributed by atoms with Crippen molar-refractivity contribution in [3.05, 3.63) is 86.3 Å². The van der Waals surface area contributed by atoms with E-state index in [4.69, 9.17) is 32.7 Å². The fourth-order valence-corrected chi connectivity index (χ4v) is 3.66. The molecule has 0 fully saturated rings. The van der Waals surface area contributed by atoms with Crippen LogP contribution in [0.5, 0.6) is 11.5 Å². The van der Waals surface area contributed by atoms with E-state index in [2.05, 4.69) is 26.6 Å². The Balaban J connectivity index is 1.71. The van der Waals surface area contributed by atoms with Crippen molar-refractivity contribution in [1.29, 1.82) is 5.26 Å². The lowest BCUT2D eigenvalue weighted by Gasteiger charge is -2.11. The lowest BCUT2D eigenvalue weighted by molar-refractivity contribution is -0.118. The van der Waals surface area contributed by atoms with Crippen LogP contribution in [0.2, 0.25) is 10.0 Å². The van der Waals surface area contributed by atoms with Gasteiger partial charge in [-0.05, 0) is 73.7 Å². The van der Waals surface area contributed by atoms with Gasteiger partial charge in [-0.3, -0.25) is 9.59 Å². The van der Waals surface area contributed by atoms with Gasteiger partial charge in [0, 0.05) is 21.4 Å². The zero-order valence-corrected chi connectivity index (χ0v) is 22.1. The molecule has 0 bridgehead atoms. The molecule has 0 atom stereocenters. The van der Waals surface area contributed by atoms with Crippen molar-refractivity contribution in [2.24, 2.45) is 0 Å². The van der Waals surface area contributed by atoms with Gasteiger partial charge in [0.1, 0.15) is 23.1 Å². The normalized spacial score (nSPS) is 10.8. The summed E-state index contributed by atoms with van der Waals surface area (Å²) >= 11 is 15.2. The van der Waals surface area contributed by atoms with Crippen molar-refractivity contribution >= 4 is 68.4 Å². The van der Waals surface area contributed by atoms with Gasteiger partial charge in [0.15, 0.2) is 6.61 Å². The molecular formula is C26H20BrCl2N3O4. The van der Waals surface area contributed by atoms with Crippen LogP contribution in [0.25, 0.3) is 6.08 Å². The molecule has 36 heavy (non-hydrogen) atoms. The van der Waals surface area contributed by atoms with Crippen molar-refractivity contribution in [3.63, 3.8) is 0 Å². The summed E-state index contributed by atoms with van der Waals surface area (Å²) in [5, 5.41) is 15.6. The number of halogens is 3. The molecule has 0 radical (unpaired) electrons. The maximum atomic E-state index is 12.7. The number of hydrogen-bond acceptors (Lipinski definition) is 5. The Morgan fingerprint density at radius 2 is 1.69 bits per heavy atom. The van der Waals surface area contributed by atoms with E-state index in [0.717, 1.165) is 0 Å². The van der Waals surface area contributed by atoms with Crippen LogP contribution in [0.1, 0.15) is 12.5 Å². The van der Waals surface area contributed by atoms with Gasteiger partial charge in [-0.2, -0.15) is 5.26 Å². The summed E-state index contributed by atoms with van der Waals surface area (Å²) in [4.78, 5) is 25.1. The second-order valence-corrected chi connectivity index (χ2v) is 8.96. The molecule has 10 heteroatoms. The molecule has 3 rings (SSSR count). The molecule has 2 amide bonds. The van der Waals surface area contributed by atoms with Gasteiger partial charge >= 0.3 is 0 Å². The van der Waals surface area contributed by atoms with Crippen molar-refractivity contribution in [2.75, 3.05) is 23.8 Å². The lowest BCUT2D eigenvalue weighted by atomic mass is 10.1. The number of ether oxygens (including phenoxy) is 2. The maximum Gasteiger partial charge on any atom is 0.266 e. The number of carbonyl (C=O) groups excluding carboxylic acids is 2. The third-order valence-corrected chi connectivity index (χ3v) is 5.85. The van der Waals surface area contributed by atoms with E-state index in [1.54, 1.807) is 54.6 Å². The Morgan fingerprint density at radius 1 is 0.972 bits per heavy atom. The first-order chi connectivity index (χ1) is 17.3. The number of carbonyl (C=O) groups is 2. The lowest BCUT2D eigenvalue weighted by Crippen LogP contribution is -2.20. The number of benzene rings is 3. The van der Waals surface area contributed by atoms with Crippen LogP contribution in [0.15, 0.2) is 70.7 Å². The zero-order valence-electron chi connectivity index (χ0n) is 19.0. The van der Waals surface area contributed by atoms with Crippen LogP contribution in [-0.2, 0) is 9.59 Å². The van der Waals surface area contributed by atoms with Gasteiger partial charge in [-0.25, -0.2) is 0 Å².